The van der Waals surface area contributed by atoms with Crippen LogP contribution in [0, 0.1) is 6.92 Å². The van der Waals surface area contributed by atoms with E-state index < -0.39 is 0 Å². The lowest BCUT2D eigenvalue weighted by atomic mass is 10.1. The number of aromatic nitrogens is 4. The molecule has 2 heterocycles. The van der Waals surface area contributed by atoms with Gasteiger partial charge in [-0.2, -0.15) is 10.2 Å². The lowest BCUT2D eigenvalue weighted by molar-refractivity contribution is 0.0950. The number of nitrogens with zero attached hydrogens (tertiary/aromatic N) is 3. The number of carbonyl (C=O) groups is 1. The Morgan fingerprint density at radius 3 is 2.64 bits per heavy atom. The zero-order chi connectivity index (χ0) is 15.5. The molecule has 0 aliphatic heterocycles. The smallest absolute Gasteiger partial charge is 0.251 e. The molecule has 1 aromatic carbocycles. The maximum absolute atomic E-state index is 12.2. The Morgan fingerprint density at radius 1 is 1.27 bits per heavy atom. The number of amides is 1. The molecule has 2 aromatic heterocycles. The third-order valence-electron chi connectivity index (χ3n) is 3.49. The summed E-state index contributed by atoms with van der Waals surface area (Å²) < 4.78 is 1.77. The van der Waals surface area contributed by atoms with Crippen LogP contribution in [0.4, 0.5) is 0 Å². The molecular weight excluding hydrogens is 278 g/mol. The van der Waals surface area contributed by atoms with Crippen molar-refractivity contribution in [2.75, 3.05) is 0 Å². The quantitative estimate of drug-likeness (QED) is 0.773. The Morgan fingerprint density at radius 2 is 2.05 bits per heavy atom. The summed E-state index contributed by atoms with van der Waals surface area (Å²) in [5, 5.41) is 14.0. The van der Waals surface area contributed by atoms with E-state index in [0.717, 1.165) is 22.6 Å². The highest BCUT2D eigenvalue weighted by Crippen LogP contribution is 2.16. The molecule has 0 radical (unpaired) electrons. The molecule has 2 N–H and O–H groups in total. The Labute approximate surface area is 128 Å². The van der Waals surface area contributed by atoms with Crippen LogP contribution in [0.1, 0.15) is 21.7 Å². The van der Waals surface area contributed by atoms with Crippen molar-refractivity contribution in [3.63, 3.8) is 0 Å². The SMILES string of the molecule is Cc1cc(CNC(=O)c2ccc(-c3ccn[nH]3)cc2)n(C)n1. The van der Waals surface area contributed by atoms with Gasteiger partial charge in [0, 0.05) is 18.8 Å². The van der Waals surface area contributed by atoms with Crippen LogP contribution in [0.15, 0.2) is 42.6 Å². The van der Waals surface area contributed by atoms with Crippen LogP contribution >= 0.6 is 0 Å². The second-order valence-electron chi connectivity index (χ2n) is 5.13. The van der Waals surface area contributed by atoms with Gasteiger partial charge in [0.15, 0.2) is 0 Å². The lowest BCUT2D eigenvalue weighted by Gasteiger charge is -2.06. The minimum Gasteiger partial charge on any atom is -0.346 e. The Balaban J connectivity index is 1.66. The minimum absolute atomic E-state index is 0.102. The van der Waals surface area contributed by atoms with Crippen LogP contribution in [0.2, 0.25) is 0 Å². The van der Waals surface area contributed by atoms with E-state index in [1.54, 1.807) is 23.0 Å². The molecule has 0 aliphatic carbocycles. The van der Waals surface area contributed by atoms with Crippen LogP contribution in [0.5, 0.6) is 0 Å². The number of H-pyrrole nitrogens is 1. The molecule has 0 spiro atoms. The van der Waals surface area contributed by atoms with Gasteiger partial charge in [0.25, 0.3) is 5.91 Å². The Kier molecular flexibility index (Phi) is 3.74. The van der Waals surface area contributed by atoms with E-state index in [0.29, 0.717) is 12.1 Å². The first kappa shape index (κ1) is 14.1. The van der Waals surface area contributed by atoms with Crippen molar-refractivity contribution >= 4 is 5.91 Å². The van der Waals surface area contributed by atoms with Crippen molar-refractivity contribution in [1.29, 1.82) is 0 Å². The minimum atomic E-state index is -0.102. The van der Waals surface area contributed by atoms with Gasteiger partial charge in [0.1, 0.15) is 0 Å². The predicted molar refractivity (Wildman–Crippen MR) is 83.1 cm³/mol. The standard InChI is InChI=1S/C16H17N5O/c1-11-9-14(21(2)20-11)10-17-16(22)13-5-3-12(4-6-13)15-7-8-18-19-15/h3-9H,10H2,1-2H3,(H,17,22)(H,18,19). The number of rotatable bonds is 4. The Hall–Kier alpha value is -2.89. The fourth-order valence-corrected chi connectivity index (χ4v) is 2.32. The number of aryl methyl sites for hydroxylation is 2. The van der Waals surface area contributed by atoms with Gasteiger partial charge in [0.05, 0.1) is 23.6 Å². The van der Waals surface area contributed by atoms with Crippen LogP contribution in [0.3, 0.4) is 0 Å². The molecule has 0 bridgehead atoms. The van der Waals surface area contributed by atoms with Gasteiger partial charge >= 0.3 is 0 Å². The lowest BCUT2D eigenvalue weighted by Crippen LogP contribution is -2.23. The summed E-state index contributed by atoms with van der Waals surface area (Å²) in [7, 11) is 1.87. The van der Waals surface area contributed by atoms with Crippen molar-refractivity contribution in [1.82, 2.24) is 25.3 Å². The summed E-state index contributed by atoms with van der Waals surface area (Å²) in [5.74, 6) is -0.102. The molecule has 0 saturated carbocycles. The van der Waals surface area contributed by atoms with Crippen LogP contribution in [-0.4, -0.2) is 25.9 Å². The third-order valence-corrected chi connectivity index (χ3v) is 3.49. The molecule has 0 saturated heterocycles. The van der Waals surface area contributed by atoms with Gasteiger partial charge in [-0.1, -0.05) is 12.1 Å². The molecule has 0 atom stereocenters. The third kappa shape index (κ3) is 2.90. The molecule has 1 amide bonds. The molecule has 3 aromatic rings. The molecule has 22 heavy (non-hydrogen) atoms. The average molecular weight is 295 g/mol. The fraction of sp³-hybridized carbons (Fsp3) is 0.188. The van der Waals surface area contributed by atoms with E-state index in [1.807, 2.05) is 38.2 Å². The van der Waals surface area contributed by atoms with Crippen molar-refractivity contribution in [3.05, 3.63) is 59.5 Å². The van der Waals surface area contributed by atoms with E-state index in [-0.39, 0.29) is 5.91 Å². The molecule has 112 valence electrons. The second kappa shape index (κ2) is 5.85. The average Bonchev–Trinajstić information content (AvgIpc) is 3.15. The van der Waals surface area contributed by atoms with Gasteiger partial charge in [0.2, 0.25) is 0 Å². The number of hydrogen-bond acceptors (Lipinski definition) is 3. The largest absolute Gasteiger partial charge is 0.346 e. The molecule has 6 nitrogen and oxygen atoms in total. The first-order valence-electron chi connectivity index (χ1n) is 7.01. The summed E-state index contributed by atoms with van der Waals surface area (Å²) in [4.78, 5) is 12.2. The monoisotopic (exact) mass is 295 g/mol. The predicted octanol–water partition coefficient (Wildman–Crippen LogP) is 2.05. The maximum atomic E-state index is 12.2. The summed E-state index contributed by atoms with van der Waals surface area (Å²) >= 11 is 0. The normalized spacial score (nSPS) is 10.6. The molecule has 0 aliphatic rings. The fourth-order valence-electron chi connectivity index (χ4n) is 2.32. The van der Waals surface area contributed by atoms with E-state index in [1.165, 1.54) is 0 Å². The van der Waals surface area contributed by atoms with Crippen molar-refractivity contribution in [3.8, 4) is 11.3 Å². The van der Waals surface area contributed by atoms with Crippen LogP contribution < -0.4 is 5.32 Å². The highest BCUT2D eigenvalue weighted by Gasteiger charge is 2.08. The molecular formula is C16H17N5O. The zero-order valence-corrected chi connectivity index (χ0v) is 12.5. The van der Waals surface area contributed by atoms with Crippen molar-refractivity contribution in [2.45, 2.75) is 13.5 Å². The Bertz CT molecular complexity index is 771. The zero-order valence-electron chi connectivity index (χ0n) is 12.5. The van der Waals surface area contributed by atoms with Crippen molar-refractivity contribution < 1.29 is 4.79 Å². The van der Waals surface area contributed by atoms with Gasteiger partial charge in [-0.15, -0.1) is 0 Å². The number of nitrogens with one attached hydrogen (secondary N) is 2. The molecule has 0 fully saturated rings. The second-order valence-corrected chi connectivity index (χ2v) is 5.13. The van der Waals surface area contributed by atoms with Crippen molar-refractivity contribution in [2.24, 2.45) is 7.05 Å². The summed E-state index contributed by atoms with van der Waals surface area (Å²) in [5.41, 5.74) is 4.46. The first-order chi connectivity index (χ1) is 10.6. The summed E-state index contributed by atoms with van der Waals surface area (Å²) in [6, 6.07) is 11.3. The van der Waals surface area contributed by atoms with Gasteiger partial charge in [-0.25, -0.2) is 0 Å². The van der Waals surface area contributed by atoms with Crippen LogP contribution in [0.25, 0.3) is 11.3 Å². The molecule has 3 rings (SSSR count). The highest BCUT2D eigenvalue weighted by molar-refractivity contribution is 5.94. The van der Waals surface area contributed by atoms with E-state index in [2.05, 4.69) is 20.6 Å². The first-order valence-corrected chi connectivity index (χ1v) is 7.01. The van der Waals surface area contributed by atoms with Gasteiger partial charge in [-0.05, 0) is 36.8 Å². The van der Waals surface area contributed by atoms with E-state index in [9.17, 15) is 4.79 Å². The molecule has 0 unspecified atom stereocenters. The van der Waals surface area contributed by atoms with Gasteiger partial charge in [-0.3, -0.25) is 14.6 Å². The highest BCUT2D eigenvalue weighted by atomic mass is 16.1. The summed E-state index contributed by atoms with van der Waals surface area (Å²) in [6.07, 6.45) is 1.70. The molecule has 6 heteroatoms. The number of benzene rings is 1. The van der Waals surface area contributed by atoms with E-state index in [4.69, 9.17) is 0 Å². The number of hydrogen-bond donors (Lipinski definition) is 2. The number of aromatic amines is 1. The van der Waals surface area contributed by atoms with E-state index >= 15 is 0 Å². The van der Waals surface area contributed by atoms with Crippen LogP contribution in [-0.2, 0) is 13.6 Å². The number of carbonyl (C=O) groups excluding carboxylic acids is 1. The summed E-state index contributed by atoms with van der Waals surface area (Å²) in [6.45, 7) is 2.39. The van der Waals surface area contributed by atoms with Gasteiger partial charge < -0.3 is 5.32 Å². The maximum Gasteiger partial charge on any atom is 0.251 e. The topological polar surface area (TPSA) is 75.6 Å².